The Labute approximate surface area is 69.6 Å². The highest BCUT2D eigenvalue weighted by Crippen LogP contribution is 2.20. The van der Waals surface area contributed by atoms with Crippen LogP contribution in [0.5, 0.6) is 0 Å². The van der Waals surface area contributed by atoms with E-state index < -0.39 is 0 Å². The Morgan fingerprint density at radius 2 is 1.90 bits per heavy atom. The predicted molar refractivity (Wildman–Crippen MR) is 44.1 cm³/mol. The van der Waals surface area contributed by atoms with Crippen LogP contribution in [0.2, 0.25) is 0 Å². The highest BCUT2D eigenvalue weighted by atomic mass is 35.5. The molecule has 0 aliphatic rings. The molecule has 0 amide bonds. The monoisotopic (exact) mass is 176 g/mol. The fraction of sp³-hybridized carbons (Fsp3) is 0. The first kappa shape index (κ1) is 9.47. The fourth-order valence-electron chi connectivity index (χ4n) is 0.346. The van der Waals surface area contributed by atoms with Gasteiger partial charge < -0.3 is 0 Å². The summed E-state index contributed by atoms with van der Waals surface area (Å²) in [5, 5.41) is 0.287. The summed E-state index contributed by atoms with van der Waals surface area (Å²) in [6.45, 7) is 6.70. The van der Waals surface area contributed by atoms with Gasteiger partial charge in [0.25, 0.3) is 0 Å². The molecule has 0 aliphatic heterocycles. The lowest BCUT2D eigenvalue weighted by atomic mass is 10.3. The van der Waals surface area contributed by atoms with Gasteiger partial charge in [-0.15, -0.1) is 0 Å². The molecule has 54 valence electrons. The summed E-state index contributed by atoms with van der Waals surface area (Å²) < 4.78 is 0. The topological polar surface area (TPSA) is 17.1 Å². The van der Waals surface area contributed by atoms with Gasteiger partial charge in [0.15, 0.2) is 6.29 Å². The molecule has 0 atom stereocenters. The lowest BCUT2D eigenvalue weighted by molar-refractivity contribution is -0.104. The Morgan fingerprint density at radius 3 is 2.00 bits per heavy atom. The van der Waals surface area contributed by atoms with Crippen molar-refractivity contribution in [1.29, 1.82) is 0 Å². The average Bonchev–Trinajstić information content (AvgIpc) is 1.90. The van der Waals surface area contributed by atoms with Crippen LogP contribution in [-0.2, 0) is 4.79 Å². The molecule has 3 heteroatoms. The molecule has 10 heavy (non-hydrogen) atoms. The predicted octanol–water partition coefficient (Wildman–Crippen LogP) is 2.62. The van der Waals surface area contributed by atoms with Crippen LogP contribution < -0.4 is 0 Å². The molecule has 0 aromatic heterocycles. The Kier molecular flexibility index (Phi) is 4.08. The molecule has 0 aliphatic carbocycles. The highest BCUT2D eigenvalue weighted by Gasteiger charge is 2.00. The van der Waals surface area contributed by atoms with Crippen LogP contribution in [-0.4, -0.2) is 6.29 Å². The van der Waals surface area contributed by atoms with Crippen LogP contribution in [0.1, 0.15) is 0 Å². The molecule has 0 N–H and O–H groups in total. The van der Waals surface area contributed by atoms with Crippen LogP contribution in [0.4, 0.5) is 0 Å². The molecule has 0 rings (SSSR count). The summed E-state index contributed by atoms with van der Waals surface area (Å²) in [7, 11) is 0. The first-order chi connectivity index (χ1) is 4.63. The molecule has 0 radical (unpaired) electrons. The Balaban J connectivity index is 4.76. The minimum absolute atomic E-state index is 0.142. The number of allylic oxidation sites excluding steroid dienone is 4. The maximum atomic E-state index is 10.2. The van der Waals surface area contributed by atoms with Crippen molar-refractivity contribution in [2.75, 3.05) is 0 Å². The van der Waals surface area contributed by atoms with Gasteiger partial charge in [-0.2, -0.15) is 0 Å². The second-order valence-electron chi connectivity index (χ2n) is 1.50. The summed E-state index contributed by atoms with van der Waals surface area (Å²) in [5.74, 6) is 0. The quantitative estimate of drug-likeness (QED) is 0.368. The average molecular weight is 177 g/mol. The van der Waals surface area contributed by atoms with E-state index in [0.29, 0.717) is 6.29 Å². The standard InChI is InChI=1S/C7H6Cl2O/c1-3-6(4-10)7(9)5(2)8/h3-4H,1-2H2/b7-6-. The fourth-order valence-corrected chi connectivity index (χ4v) is 0.577. The number of carbonyl (C=O) groups is 1. The number of halogens is 2. The summed E-state index contributed by atoms with van der Waals surface area (Å²) >= 11 is 10.9. The molecule has 0 aromatic carbocycles. The lowest BCUT2D eigenvalue weighted by Gasteiger charge is -1.94. The molecule has 0 spiro atoms. The third-order valence-electron chi connectivity index (χ3n) is 0.838. The Bertz CT molecular complexity index is 194. The van der Waals surface area contributed by atoms with Crippen LogP contribution in [0.3, 0.4) is 0 Å². The molecule has 0 saturated heterocycles. The van der Waals surface area contributed by atoms with Crippen molar-refractivity contribution in [1.82, 2.24) is 0 Å². The number of carbonyl (C=O) groups excluding carboxylic acids is 1. The highest BCUT2D eigenvalue weighted by molar-refractivity contribution is 6.44. The molecular formula is C7H6Cl2O. The summed E-state index contributed by atoms with van der Waals surface area (Å²) in [5.41, 5.74) is 0.252. The Morgan fingerprint density at radius 1 is 1.40 bits per heavy atom. The van der Waals surface area contributed by atoms with Crippen molar-refractivity contribution in [3.63, 3.8) is 0 Å². The van der Waals surface area contributed by atoms with Crippen LogP contribution in [0.25, 0.3) is 0 Å². The van der Waals surface area contributed by atoms with Crippen molar-refractivity contribution in [2.45, 2.75) is 0 Å². The third kappa shape index (κ3) is 2.38. The number of hydrogen-bond acceptors (Lipinski definition) is 1. The van der Waals surface area contributed by atoms with Crippen molar-refractivity contribution in [2.24, 2.45) is 0 Å². The van der Waals surface area contributed by atoms with E-state index in [0.717, 1.165) is 0 Å². The molecular weight excluding hydrogens is 171 g/mol. The first-order valence-electron chi connectivity index (χ1n) is 2.45. The van der Waals surface area contributed by atoms with E-state index in [2.05, 4.69) is 13.2 Å². The normalized spacial score (nSPS) is 11.8. The van der Waals surface area contributed by atoms with E-state index in [1.54, 1.807) is 0 Å². The molecule has 0 bridgehead atoms. The maximum absolute atomic E-state index is 10.2. The minimum Gasteiger partial charge on any atom is -0.298 e. The second-order valence-corrected chi connectivity index (χ2v) is 2.33. The van der Waals surface area contributed by atoms with Gasteiger partial charge in [-0.25, -0.2) is 0 Å². The zero-order chi connectivity index (χ0) is 8.15. The van der Waals surface area contributed by atoms with Gasteiger partial charge in [0.2, 0.25) is 0 Å². The Hall–Kier alpha value is -0.530. The van der Waals surface area contributed by atoms with E-state index >= 15 is 0 Å². The van der Waals surface area contributed by atoms with Crippen molar-refractivity contribution in [3.8, 4) is 0 Å². The molecule has 0 saturated carbocycles. The van der Waals surface area contributed by atoms with Gasteiger partial charge >= 0.3 is 0 Å². The van der Waals surface area contributed by atoms with Crippen molar-refractivity contribution in [3.05, 3.63) is 34.9 Å². The van der Waals surface area contributed by atoms with Gasteiger partial charge in [-0.1, -0.05) is 42.4 Å². The van der Waals surface area contributed by atoms with E-state index in [1.807, 2.05) is 0 Å². The van der Waals surface area contributed by atoms with Crippen molar-refractivity contribution >= 4 is 29.5 Å². The number of aldehydes is 1. The zero-order valence-electron chi connectivity index (χ0n) is 5.23. The minimum atomic E-state index is 0.142. The number of hydrogen-bond donors (Lipinski definition) is 0. The molecule has 0 heterocycles. The first-order valence-corrected chi connectivity index (χ1v) is 3.21. The smallest absolute Gasteiger partial charge is 0.151 e. The summed E-state index contributed by atoms with van der Waals surface area (Å²) in [4.78, 5) is 10.2. The molecule has 0 unspecified atom stereocenters. The van der Waals surface area contributed by atoms with Gasteiger partial charge in [-0.3, -0.25) is 4.79 Å². The van der Waals surface area contributed by atoms with E-state index in [9.17, 15) is 4.79 Å². The van der Waals surface area contributed by atoms with Gasteiger partial charge in [0.1, 0.15) is 0 Å². The maximum Gasteiger partial charge on any atom is 0.151 e. The summed E-state index contributed by atoms with van der Waals surface area (Å²) in [6, 6.07) is 0. The van der Waals surface area contributed by atoms with Gasteiger partial charge in [0, 0.05) is 5.57 Å². The summed E-state index contributed by atoms with van der Waals surface area (Å²) in [6.07, 6.45) is 1.89. The molecule has 0 aromatic rings. The molecule has 1 nitrogen and oxygen atoms in total. The van der Waals surface area contributed by atoms with Crippen LogP contribution in [0.15, 0.2) is 34.9 Å². The SMILES string of the molecule is C=C/C(C=O)=C(/Cl)C(=C)Cl. The van der Waals surface area contributed by atoms with Crippen LogP contribution in [0, 0.1) is 0 Å². The van der Waals surface area contributed by atoms with E-state index in [-0.39, 0.29) is 15.6 Å². The van der Waals surface area contributed by atoms with E-state index in [1.165, 1.54) is 6.08 Å². The van der Waals surface area contributed by atoms with Gasteiger partial charge in [0.05, 0.1) is 10.1 Å². The van der Waals surface area contributed by atoms with Crippen LogP contribution >= 0.6 is 23.2 Å². The zero-order valence-corrected chi connectivity index (χ0v) is 6.74. The molecule has 0 fully saturated rings. The lowest BCUT2D eigenvalue weighted by Crippen LogP contribution is -1.82. The van der Waals surface area contributed by atoms with Crippen molar-refractivity contribution < 1.29 is 4.79 Å². The largest absolute Gasteiger partial charge is 0.298 e. The van der Waals surface area contributed by atoms with Gasteiger partial charge in [-0.05, 0) is 0 Å². The van der Waals surface area contributed by atoms with E-state index in [4.69, 9.17) is 23.2 Å². The second kappa shape index (κ2) is 4.31. The number of rotatable bonds is 3. The third-order valence-corrected chi connectivity index (χ3v) is 1.57.